The molecule has 0 atom stereocenters. The van der Waals surface area contributed by atoms with Gasteiger partial charge in [0.05, 0.1) is 5.52 Å². The summed E-state index contributed by atoms with van der Waals surface area (Å²) in [6.07, 6.45) is 0. The molecule has 0 aliphatic heterocycles. The number of fused-ring (bicyclic) bond motifs is 1. The summed E-state index contributed by atoms with van der Waals surface area (Å²) < 4.78 is 30.3. The van der Waals surface area contributed by atoms with Crippen molar-refractivity contribution in [1.82, 2.24) is 4.98 Å². The van der Waals surface area contributed by atoms with Crippen LogP contribution in [0.2, 0.25) is 0 Å². The molecule has 0 fully saturated rings. The third-order valence-corrected chi connectivity index (χ3v) is 4.75. The molecule has 1 aromatic heterocycles. The van der Waals surface area contributed by atoms with E-state index in [4.69, 9.17) is 4.18 Å². The van der Waals surface area contributed by atoms with Crippen molar-refractivity contribution in [3.05, 3.63) is 66.4 Å². The van der Waals surface area contributed by atoms with Crippen LogP contribution in [0.5, 0.6) is 5.75 Å². The Hall–Kier alpha value is -2.44. The zero-order valence-corrected chi connectivity index (χ0v) is 14.1. The third kappa shape index (κ3) is 3.25. The molecule has 6 heteroatoms. The van der Waals surface area contributed by atoms with Crippen LogP contribution in [0.25, 0.3) is 10.9 Å². The predicted molar refractivity (Wildman–Crippen MR) is 91.2 cm³/mol. The highest BCUT2D eigenvalue weighted by molar-refractivity contribution is 7.87. The van der Waals surface area contributed by atoms with Crippen molar-refractivity contribution in [2.24, 2.45) is 0 Å². The van der Waals surface area contributed by atoms with Gasteiger partial charge in [-0.1, -0.05) is 36.4 Å². The Balaban J connectivity index is 2.14. The molecule has 3 aromatic rings. The molecule has 1 heterocycles. The predicted octanol–water partition coefficient (Wildman–Crippen LogP) is 3.23. The summed E-state index contributed by atoms with van der Waals surface area (Å²) in [4.78, 5) is 4.43. The van der Waals surface area contributed by atoms with Gasteiger partial charge in [0.25, 0.3) is 0 Å². The van der Waals surface area contributed by atoms with Gasteiger partial charge in [-0.15, -0.1) is 0 Å². The first-order valence-corrected chi connectivity index (χ1v) is 8.80. The molecule has 1 N–H and O–H groups in total. The van der Waals surface area contributed by atoms with Crippen molar-refractivity contribution in [3.8, 4) is 5.75 Å². The second-order valence-electron chi connectivity index (χ2n) is 5.94. The van der Waals surface area contributed by atoms with Crippen molar-refractivity contribution < 1.29 is 17.7 Å². The Morgan fingerprint density at radius 3 is 2.29 bits per heavy atom. The number of para-hydroxylation sites is 1. The standard InChI is InChI=1S/C18H17NO4S/c1-18(2,20)17-16(12-13-8-6-7-11-15(13)19-17)23-24(21,22)14-9-4-3-5-10-14/h3-12,20H,1-2H3. The Bertz CT molecular complexity index is 977. The summed E-state index contributed by atoms with van der Waals surface area (Å²) in [5.74, 6) is 0.0186. The molecule has 0 saturated carbocycles. The van der Waals surface area contributed by atoms with Gasteiger partial charge in [-0.3, -0.25) is 0 Å². The highest BCUT2D eigenvalue weighted by atomic mass is 32.2. The number of pyridine rings is 1. The van der Waals surface area contributed by atoms with Gasteiger partial charge in [0.1, 0.15) is 16.2 Å². The summed E-state index contributed by atoms with van der Waals surface area (Å²) in [6.45, 7) is 3.07. The van der Waals surface area contributed by atoms with Gasteiger partial charge in [0, 0.05) is 5.39 Å². The molecule has 24 heavy (non-hydrogen) atoms. The second-order valence-corrected chi connectivity index (χ2v) is 7.48. The molecule has 0 radical (unpaired) electrons. The van der Waals surface area contributed by atoms with Gasteiger partial charge in [0.15, 0.2) is 5.75 Å². The zero-order chi connectivity index (χ0) is 17.4. The van der Waals surface area contributed by atoms with Crippen LogP contribution in [-0.2, 0) is 15.7 Å². The molecular weight excluding hydrogens is 326 g/mol. The molecule has 0 aliphatic carbocycles. The van der Waals surface area contributed by atoms with Crippen LogP contribution < -0.4 is 4.18 Å². The maximum absolute atomic E-state index is 12.5. The number of hydrogen-bond acceptors (Lipinski definition) is 5. The fraction of sp³-hybridized carbons (Fsp3) is 0.167. The normalized spacial score (nSPS) is 12.3. The summed E-state index contributed by atoms with van der Waals surface area (Å²) in [5, 5.41) is 11.1. The lowest BCUT2D eigenvalue weighted by atomic mass is 10.0. The highest BCUT2D eigenvalue weighted by Crippen LogP contribution is 2.32. The second kappa shape index (κ2) is 5.89. The zero-order valence-electron chi connectivity index (χ0n) is 13.3. The fourth-order valence-electron chi connectivity index (χ4n) is 2.35. The van der Waals surface area contributed by atoms with Crippen LogP contribution in [0.1, 0.15) is 19.5 Å². The van der Waals surface area contributed by atoms with Gasteiger partial charge < -0.3 is 9.29 Å². The number of nitrogens with zero attached hydrogens (tertiary/aromatic N) is 1. The van der Waals surface area contributed by atoms with Gasteiger partial charge in [-0.05, 0) is 38.1 Å². The van der Waals surface area contributed by atoms with Crippen LogP contribution in [0.15, 0.2) is 65.6 Å². The molecule has 0 spiro atoms. The van der Waals surface area contributed by atoms with Gasteiger partial charge in [0.2, 0.25) is 0 Å². The number of aromatic nitrogens is 1. The maximum Gasteiger partial charge on any atom is 0.339 e. The fourth-order valence-corrected chi connectivity index (χ4v) is 3.30. The third-order valence-electron chi connectivity index (χ3n) is 3.50. The Kier molecular flexibility index (Phi) is 4.03. The van der Waals surface area contributed by atoms with E-state index >= 15 is 0 Å². The van der Waals surface area contributed by atoms with Crippen LogP contribution in [0.4, 0.5) is 0 Å². The topological polar surface area (TPSA) is 76.5 Å². The molecule has 0 bridgehead atoms. The largest absolute Gasteiger partial charge is 0.384 e. The van der Waals surface area contributed by atoms with E-state index in [-0.39, 0.29) is 16.3 Å². The van der Waals surface area contributed by atoms with Crippen molar-refractivity contribution in [2.75, 3.05) is 0 Å². The number of hydrogen-bond donors (Lipinski definition) is 1. The van der Waals surface area contributed by atoms with Crippen LogP contribution >= 0.6 is 0 Å². The van der Waals surface area contributed by atoms with E-state index in [1.807, 2.05) is 12.1 Å². The number of aliphatic hydroxyl groups is 1. The van der Waals surface area contributed by atoms with Crippen molar-refractivity contribution in [2.45, 2.75) is 24.3 Å². The van der Waals surface area contributed by atoms with Crippen molar-refractivity contribution in [3.63, 3.8) is 0 Å². The van der Waals surface area contributed by atoms with Gasteiger partial charge >= 0.3 is 10.1 Å². The van der Waals surface area contributed by atoms with E-state index in [1.54, 1.807) is 36.4 Å². The summed E-state index contributed by atoms with van der Waals surface area (Å²) in [7, 11) is -4.02. The Morgan fingerprint density at radius 2 is 1.62 bits per heavy atom. The van der Waals surface area contributed by atoms with Crippen LogP contribution in [-0.4, -0.2) is 18.5 Å². The molecule has 0 saturated heterocycles. The lowest BCUT2D eigenvalue weighted by Crippen LogP contribution is -2.21. The van der Waals surface area contributed by atoms with Gasteiger partial charge in [-0.2, -0.15) is 8.42 Å². The van der Waals surface area contributed by atoms with Crippen molar-refractivity contribution in [1.29, 1.82) is 0 Å². The first-order chi connectivity index (χ1) is 11.3. The Labute approximate surface area is 140 Å². The molecular formula is C18H17NO4S. The number of benzene rings is 2. The first-order valence-electron chi connectivity index (χ1n) is 7.39. The SMILES string of the molecule is CC(C)(O)c1nc2ccccc2cc1OS(=O)(=O)c1ccccc1. The van der Waals surface area contributed by atoms with E-state index in [2.05, 4.69) is 4.98 Å². The molecule has 0 unspecified atom stereocenters. The quantitative estimate of drug-likeness (QED) is 0.736. The highest BCUT2D eigenvalue weighted by Gasteiger charge is 2.27. The minimum Gasteiger partial charge on any atom is -0.384 e. The number of rotatable bonds is 4. The molecule has 3 rings (SSSR count). The average molecular weight is 343 g/mol. The summed E-state index contributed by atoms with van der Waals surface area (Å²) in [6, 6.07) is 16.7. The van der Waals surface area contributed by atoms with E-state index in [0.29, 0.717) is 5.52 Å². The van der Waals surface area contributed by atoms with Crippen molar-refractivity contribution >= 4 is 21.0 Å². The molecule has 5 nitrogen and oxygen atoms in total. The smallest absolute Gasteiger partial charge is 0.339 e. The van der Waals surface area contributed by atoms with E-state index in [0.717, 1.165) is 5.39 Å². The Morgan fingerprint density at radius 1 is 1.00 bits per heavy atom. The monoisotopic (exact) mass is 343 g/mol. The molecule has 0 amide bonds. The lowest BCUT2D eigenvalue weighted by Gasteiger charge is -2.20. The minimum atomic E-state index is -4.02. The minimum absolute atomic E-state index is 0.0186. The van der Waals surface area contributed by atoms with Crippen LogP contribution in [0, 0.1) is 0 Å². The van der Waals surface area contributed by atoms with E-state index in [9.17, 15) is 13.5 Å². The summed E-state index contributed by atoms with van der Waals surface area (Å²) in [5.41, 5.74) is -0.536. The molecule has 124 valence electrons. The first kappa shape index (κ1) is 16.4. The lowest BCUT2D eigenvalue weighted by molar-refractivity contribution is 0.0724. The summed E-state index contributed by atoms with van der Waals surface area (Å²) >= 11 is 0. The van der Waals surface area contributed by atoms with Gasteiger partial charge in [-0.25, -0.2) is 4.98 Å². The van der Waals surface area contributed by atoms with E-state index in [1.165, 1.54) is 26.0 Å². The maximum atomic E-state index is 12.5. The molecule has 0 aliphatic rings. The van der Waals surface area contributed by atoms with Crippen LogP contribution in [0.3, 0.4) is 0 Å². The average Bonchev–Trinajstić information content (AvgIpc) is 2.54. The van der Waals surface area contributed by atoms with E-state index < -0.39 is 15.7 Å². The molecule has 2 aromatic carbocycles.